The average molecular weight is 475 g/mol. The molecule has 2 saturated heterocycles. The third-order valence-corrected chi connectivity index (χ3v) is 4.97. The first-order valence-corrected chi connectivity index (χ1v) is 10.1. The van der Waals surface area contributed by atoms with Gasteiger partial charge in [-0.2, -0.15) is 0 Å². The molecule has 2 fully saturated rings. The highest BCUT2D eigenvalue weighted by atomic mass is 127. The number of aliphatic imine (C=N–C) groups is 1. The zero-order valence-corrected chi connectivity index (χ0v) is 17.7. The second kappa shape index (κ2) is 10.7. The van der Waals surface area contributed by atoms with Crippen LogP contribution in [0.2, 0.25) is 0 Å². The van der Waals surface area contributed by atoms with E-state index in [-0.39, 0.29) is 24.0 Å². The van der Waals surface area contributed by atoms with Crippen LogP contribution in [0, 0.1) is 0 Å². The molecule has 8 nitrogen and oxygen atoms in total. The molecule has 2 aliphatic heterocycles. The van der Waals surface area contributed by atoms with Gasteiger partial charge in [0, 0.05) is 52.4 Å². The summed E-state index contributed by atoms with van der Waals surface area (Å²) in [6.45, 7) is 6.83. The molecule has 1 atom stereocenters. The van der Waals surface area contributed by atoms with Crippen LogP contribution in [0.15, 0.2) is 4.99 Å². The predicted octanol–water partition coefficient (Wildman–Crippen LogP) is -0.474. The van der Waals surface area contributed by atoms with Gasteiger partial charge in [-0.15, -0.1) is 24.0 Å². The lowest BCUT2D eigenvalue weighted by atomic mass is 10.2. The molecule has 0 radical (unpaired) electrons. The smallest absolute Gasteiger partial charge is 0.208 e. The maximum Gasteiger partial charge on any atom is 0.208 e. The van der Waals surface area contributed by atoms with Gasteiger partial charge >= 0.3 is 0 Å². The highest BCUT2D eigenvalue weighted by Gasteiger charge is 2.30. The highest BCUT2D eigenvalue weighted by molar-refractivity contribution is 14.0. The van der Waals surface area contributed by atoms with Crippen LogP contribution in [-0.4, -0.2) is 96.0 Å². The number of guanidine groups is 1. The summed E-state index contributed by atoms with van der Waals surface area (Å²) in [6.07, 6.45) is 3.05. The number of nitrogens with one attached hydrogen (secondary N) is 2. The first kappa shape index (κ1) is 21.9. The van der Waals surface area contributed by atoms with E-state index in [1.807, 2.05) is 0 Å². The fourth-order valence-corrected chi connectivity index (χ4v) is 3.57. The molecule has 0 aliphatic carbocycles. The fraction of sp³-hybridized carbons (Fsp3) is 0.929. The van der Waals surface area contributed by atoms with Crippen molar-refractivity contribution in [2.75, 3.05) is 65.8 Å². The Labute approximate surface area is 162 Å². The molecule has 142 valence electrons. The first-order chi connectivity index (χ1) is 11.0. The lowest BCUT2D eigenvalue weighted by Crippen LogP contribution is -2.47. The Morgan fingerprint density at radius 2 is 1.96 bits per heavy atom. The molecule has 0 aromatic rings. The summed E-state index contributed by atoms with van der Waals surface area (Å²) in [5.74, 6) is 0.903. The summed E-state index contributed by atoms with van der Waals surface area (Å²) in [5, 5.41) is 3.32. The number of morpholine rings is 1. The number of halogens is 1. The van der Waals surface area contributed by atoms with E-state index in [0.29, 0.717) is 19.1 Å². The van der Waals surface area contributed by atoms with Crippen LogP contribution in [0.25, 0.3) is 0 Å². The Hall–Kier alpha value is -0.170. The molecular weight excluding hydrogens is 445 g/mol. The van der Waals surface area contributed by atoms with Gasteiger partial charge in [0.25, 0.3) is 0 Å². The summed E-state index contributed by atoms with van der Waals surface area (Å²) in [7, 11) is -1.31. The zero-order valence-electron chi connectivity index (χ0n) is 14.5. The minimum atomic E-state index is -3.10. The van der Waals surface area contributed by atoms with Gasteiger partial charge in [0.2, 0.25) is 10.0 Å². The van der Waals surface area contributed by atoms with Crippen LogP contribution in [0.4, 0.5) is 0 Å². The van der Waals surface area contributed by atoms with E-state index in [9.17, 15) is 8.42 Å². The van der Waals surface area contributed by atoms with Gasteiger partial charge < -0.3 is 15.0 Å². The van der Waals surface area contributed by atoms with Crippen molar-refractivity contribution >= 4 is 40.0 Å². The molecule has 2 heterocycles. The Morgan fingerprint density at radius 3 is 2.58 bits per heavy atom. The maximum atomic E-state index is 11.0. The molecule has 2 N–H and O–H groups in total. The van der Waals surface area contributed by atoms with E-state index < -0.39 is 10.0 Å². The van der Waals surface area contributed by atoms with Crippen LogP contribution in [0.5, 0.6) is 0 Å². The number of hydrogen-bond acceptors (Lipinski definition) is 5. The van der Waals surface area contributed by atoms with Crippen molar-refractivity contribution in [3.63, 3.8) is 0 Å². The van der Waals surface area contributed by atoms with Crippen molar-refractivity contribution in [2.45, 2.75) is 18.9 Å². The molecule has 0 amide bonds. The number of ether oxygens (including phenoxy) is 1. The quantitative estimate of drug-likeness (QED) is 0.234. The predicted molar refractivity (Wildman–Crippen MR) is 107 cm³/mol. The van der Waals surface area contributed by atoms with Crippen molar-refractivity contribution in [3.8, 4) is 0 Å². The third kappa shape index (κ3) is 7.38. The third-order valence-electron chi connectivity index (χ3n) is 4.24. The monoisotopic (exact) mass is 475 g/mol. The topological polar surface area (TPSA) is 86.3 Å². The van der Waals surface area contributed by atoms with E-state index in [1.165, 1.54) is 6.26 Å². The minimum absolute atomic E-state index is 0. The van der Waals surface area contributed by atoms with Crippen LogP contribution < -0.4 is 10.0 Å². The SMILES string of the molecule is CN=C(NCCCNS(C)(=O)=O)N1CCC(N2CCOCC2)C1.I. The second-order valence-electron chi connectivity index (χ2n) is 6.03. The molecule has 0 aromatic heterocycles. The van der Waals surface area contributed by atoms with E-state index in [0.717, 1.165) is 58.2 Å². The van der Waals surface area contributed by atoms with Crippen LogP contribution in [0.1, 0.15) is 12.8 Å². The largest absolute Gasteiger partial charge is 0.379 e. The van der Waals surface area contributed by atoms with Crippen LogP contribution in [0.3, 0.4) is 0 Å². The lowest BCUT2D eigenvalue weighted by Gasteiger charge is -2.32. The summed E-state index contributed by atoms with van der Waals surface area (Å²) in [4.78, 5) is 9.13. The van der Waals surface area contributed by atoms with E-state index >= 15 is 0 Å². The lowest BCUT2D eigenvalue weighted by molar-refractivity contribution is 0.0195. The summed E-state index contributed by atoms with van der Waals surface area (Å²) >= 11 is 0. The Morgan fingerprint density at radius 1 is 1.25 bits per heavy atom. The zero-order chi connectivity index (χ0) is 16.7. The second-order valence-corrected chi connectivity index (χ2v) is 7.86. The molecule has 0 saturated carbocycles. The molecule has 0 spiro atoms. The number of nitrogens with zero attached hydrogens (tertiary/aromatic N) is 3. The normalized spacial score (nSPS) is 23.2. The van der Waals surface area contributed by atoms with Crippen molar-refractivity contribution in [3.05, 3.63) is 0 Å². The molecule has 1 unspecified atom stereocenters. The van der Waals surface area contributed by atoms with Crippen molar-refractivity contribution < 1.29 is 13.2 Å². The van der Waals surface area contributed by atoms with Crippen molar-refractivity contribution in [1.29, 1.82) is 0 Å². The van der Waals surface area contributed by atoms with E-state index in [4.69, 9.17) is 4.74 Å². The van der Waals surface area contributed by atoms with Gasteiger partial charge in [-0.05, 0) is 12.8 Å². The molecule has 24 heavy (non-hydrogen) atoms. The Balaban J connectivity index is 0.00000288. The summed E-state index contributed by atoms with van der Waals surface area (Å²) < 4.78 is 29.9. The van der Waals surface area contributed by atoms with Gasteiger partial charge in [0.05, 0.1) is 19.5 Å². The average Bonchev–Trinajstić information content (AvgIpc) is 3.00. The first-order valence-electron chi connectivity index (χ1n) is 8.21. The van der Waals surface area contributed by atoms with Crippen LogP contribution in [-0.2, 0) is 14.8 Å². The minimum Gasteiger partial charge on any atom is -0.379 e. The number of rotatable bonds is 6. The van der Waals surface area contributed by atoms with Crippen molar-refractivity contribution in [1.82, 2.24) is 19.8 Å². The van der Waals surface area contributed by atoms with Gasteiger partial charge in [-0.1, -0.05) is 0 Å². The molecule has 10 heteroatoms. The van der Waals surface area contributed by atoms with Gasteiger partial charge in [0.15, 0.2) is 5.96 Å². The fourth-order valence-electron chi connectivity index (χ4n) is 3.05. The number of hydrogen-bond donors (Lipinski definition) is 2. The van der Waals surface area contributed by atoms with Gasteiger partial charge in [0.1, 0.15) is 0 Å². The van der Waals surface area contributed by atoms with Crippen LogP contribution >= 0.6 is 24.0 Å². The molecule has 0 aromatic carbocycles. The maximum absolute atomic E-state index is 11.0. The number of sulfonamides is 1. The number of likely N-dealkylation sites (tertiary alicyclic amines) is 1. The van der Waals surface area contributed by atoms with E-state index in [1.54, 1.807) is 7.05 Å². The molecule has 2 aliphatic rings. The Kier molecular flexibility index (Phi) is 9.79. The summed E-state index contributed by atoms with van der Waals surface area (Å²) in [5.41, 5.74) is 0. The van der Waals surface area contributed by atoms with Gasteiger partial charge in [-0.3, -0.25) is 9.89 Å². The van der Waals surface area contributed by atoms with Gasteiger partial charge in [-0.25, -0.2) is 13.1 Å². The van der Waals surface area contributed by atoms with E-state index in [2.05, 4.69) is 24.8 Å². The molecular formula is C14H30IN5O3S. The molecule has 2 rings (SSSR count). The molecule has 0 bridgehead atoms. The standard InChI is InChI=1S/C14H29N5O3S.HI/c1-15-14(16-5-3-6-17-23(2,20)21)19-7-4-13(12-19)18-8-10-22-11-9-18;/h13,17H,3-12H2,1-2H3,(H,15,16);1H. The van der Waals surface area contributed by atoms with Crippen molar-refractivity contribution in [2.24, 2.45) is 4.99 Å². The Bertz CT molecular complexity index is 497. The summed E-state index contributed by atoms with van der Waals surface area (Å²) in [6, 6.07) is 0.573. The highest BCUT2D eigenvalue weighted by Crippen LogP contribution is 2.16.